The van der Waals surface area contributed by atoms with Crippen molar-refractivity contribution >= 4 is 34.3 Å². The quantitative estimate of drug-likeness (QED) is 0.752. The molecular formula is C16H17N7OS. The summed E-state index contributed by atoms with van der Waals surface area (Å²) in [6, 6.07) is 2.01. The Balaban J connectivity index is 1.47. The summed E-state index contributed by atoms with van der Waals surface area (Å²) >= 11 is 1.22. The van der Waals surface area contributed by atoms with Gasteiger partial charge in [0.25, 0.3) is 5.91 Å². The first kappa shape index (κ1) is 14.8. The van der Waals surface area contributed by atoms with Crippen molar-refractivity contribution in [2.45, 2.75) is 24.8 Å². The number of aromatic nitrogens is 5. The van der Waals surface area contributed by atoms with Crippen molar-refractivity contribution in [3.63, 3.8) is 0 Å². The first-order valence-corrected chi connectivity index (χ1v) is 9.23. The third-order valence-electron chi connectivity index (χ3n) is 5.15. The van der Waals surface area contributed by atoms with Gasteiger partial charge in [-0.1, -0.05) is 4.49 Å². The second-order valence-corrected chi connectivity index (χ2v) is 7.29. The molecule has 2 aliphatic rings. The molecule has 0 aromatic carbocycles. The molecule has 1 spiro atoms. The maximum atomic E-state index is 12.9. The molecule has 1 N–H and O–H groups in total. The Hall–Kier alpha value is -2.55. The number of nitrogens with zero attached hydrogens (tertiary/aromatic N) is 6. The summed E-state index contributed by atoms with van der Waals surface area (Å²) in [7, 11) is 0. The molecule has 8 nitrogen and oxygen atoms in total. The number of aromatic amines is 1. The molecule has 3 aromatic heterocycles. The van der Waals surface area contributed by atoms with Crippen molar-refractivity contribution in [3.8, 4) is 0 Å². The van der Waals surface area contributed by atoms with Gasteiger partial charge in [-0.3, -0.25) is 4.79 Å². The number of rotatable bonds is 2. The van der Waals surface area contributed by atoms with Gasteiger partial charge in [0.15, 0.2) is 5.69 Å². The van der Waals surface area contributed by atoms with Gasteiger partial charge in [0.2, 0.25) is 0 Å². The van der Waals surface area contributed by atoms with Crippen LogP contribution in [0.1, 0.15) is 29.8 Å². The molecule has 4 heterocycles. The Morgan fingerprint density at radius 3 is 3.00 bits per heavy atom. The van der Waals surface area contributed by atoms with Crippen LogP contribution in [0, 0.1) is 0 Å². The zero-order valence-corrected chi connectivity index (χ0v) is 14.4. The Morgan fingerprint density at radius 2 is 2.20 bits per heavy atom. The zero-order chi connectivity index (χ0) is 16.9. The average Bonchev–Trinajstić information content (AvgIpc) is 3.05. The van der Waals surface area contributed by atoms with Crippen LogP contribution in [-0.2, 0) is 0 Å². The molecule has 0 radical (unpaired) electrons. The van der Waals surface area contributed by atoms with Gasteiger partial charge < -0.3 is 14.8 Å². The van der Waals surface area contributed by atoms with Gasteiger partial charge in [-0.2, -0.15) is 0 Å². The Morgan fingerprint density at radius 1 is 1.28 bits per heavy atom. The third-order valence-corrected chi connectivity index (χ3v) is 5.66. The standard InChI is InChI=1S/C16H17N7OS/c24-15(12-8-25-21-20-12)23-7-1-6-22(9-16(23)3-4-16)14-11-2-5-17-13(11)18-10-19-14/h2,5,8,10H,1,3-4,6-7,9H2,(H,17,18,19). The van der Waals surface area contributed by atoms with Crippen molar-refractivity contribution < 1.29 is 4.79 Å². The van der Waals surface area contributed by atoms with Crippen LogP contribution in [0.5, 0.6) is 0 Å². The van der Waals surface area contributed by atoms with Gasteiger partial charge in [0.05, 0.1) is 10.9 Å². The van der Waals surface area contributed by atoms with Crippen molar-refractivity contribution in [3.05, 3.63) is 29.7 Å². The highest BCUT2D eigenvalue weighted by Crippen LogP contribution is 2.45. The number of nitrogens with one attached hydrogen (secondary N) is 1. The van der Waals surface area contributed by atoms with Crippen molar-refractivity contribution in [2.75, 3.05) is 24.5 Å². The van der Waals surface area contributed by atoms with Crippen LogP contribution in [0.2, 0.25) is 0 Å². The van der Waals surface area contributed by atoms with E-state index in [9.17, 15) is 4.79 Å². The number of carbonyl (C=O) groups excluding carboxylic acids is 1. The van der Waals surface area contributed by atoms with Crippen LogP contribution in [-0.4, -0.2) is 60.5 Å². The molecule has 9 heteroatoms. The number of fused-ring (bicyclic) bond motifs is 1. The first-order valence-electron chi connectivity index (χ1n) is 8.39. The number of hydrogen-bond donors (Lipinski definition) is 1. The molecule has 1 saturated carbocycles. The summed E-state index contributed by atoms with van der Waals surface area (Å²) in [5, 5.41) is 6.73. The fraction of sp³-hybridized carbons (Fsp3) is 0.438. The van der Waals surface area contributed by atoms with Crippen LogP contribution in [0.15, 0.2) is 24.0 Å². The Labute approximate surface area is 148 Å². The highest BCUT2D eigenvalue weighted by Gasteiger charge is 2.52. The molecule has 1 aliphatic heterocycles. The normalized spacial score (nSPS) is 19.4. The van der Waals surface area contributed by atoms with E-state index in [0.717, 1.165) is 55.7 Å². The molecule has 3 aromatic rings. The zero-order valence-electron chi connectivity index (χ0n) is 13.6. The number of amides is 1. The number of H-pyrrole nitrogens is 1. The maximum absolute atomic E-state index is 12.9. The van der Waals surface area contributed by atoms with Gasteiger partial charge in [0.1, 0.15) is 17.8 Å². The van der Waals surface area contributed by atoms with E-state index in [0.29, 0.717) is 5.69 Å². The van der Waals surface area contributed by atoms with E-state index in [1.165, 1.54) is 11.5 Å². The number of carbonyl (C=O) groups is 1. The summed E-state index contributed by atoms with van der Waals surface area (Å²) in [6.07, 6.45) is 6.43. The molecule has 0 atom stereocenters. The summed E-state index contributed by atoms with van der Waals surface area (Å²) in [5.74, 6) is 0.949. The van der Waals surface area contributed by atoms with Gasteiger partial charge in [0, 0.05) is 31.2 Å². The minimum Gasteiger partial charge on any atom is -0.354 e. The Kier molecular flexibility index (Phi) is 3.24. The minimum atomic E-state index is -0.106. The molecule has 1 saturated heterocycles. The van der Waals surface area contributed by atoms with Crippen molar-refractivity contribution in [1.82, 2.24) is 29.4 Å². The summed E-state index contributed by atoms with van der Waals surface area (Å²) in [4.78, 5) is 29.1. The van der Waals surface area contributed by atoms with E-state index in [2.05, 4.69) is 29.4 Å². The van der Waals surface area contributed by atoms with Gasteiger partial charge in [-0.05, 0) is 36.9 Å². The molecule has 5 rings (SSSR count). The molecule has 1 aliphatic carbocycles. The third kappa shape index (κ3) is 2.38. The van der Waals surface area contributed by atoms with Gasteiger partial charge in [-0.15, -0.1) is 5.10 Å². The number of anilines is 1. The largest absolute Gasteiger partial charge is 0.354 e. The lowest BCUT2D eigenvalue weighted by Crippen LogP contribution is -2.47. The van der Waals surface area contributed by atoms with E-state index in [1.54, 1.807) is 11.7 Å². The highest BCUT2D eigenvalue weighted by molar-refractivity contribution is 7.03. The smallest absolute Gasteiger partial charge is 0.275 e. The van der Waals surface area contributed by atoms with Crippen LogP contribution in [0.3, 0.4) is 0 Å². The SMILES string of the molecule is O=C(c1csnn1)N1CCCN(c2ncnc3[nH]ccc23)CC12CC2. The van der Waals surface area contributed by atoms with Crippen LogP contribution < -0.4 is 4.90 Å². The lowest BCUT2D eigenvalue weighted by molar-refractivity contribution is 0.0663. The fourth-order valence-corrected chi connectivity index (χ4v) is 4.18. The fourth-order valence-electron chi connectivity index (χ4n) is 3.75. The molecule has 2 fully saturated rings. The lowest BCUT2D eigenvalue weighted by atomic mass is 10.2. The van der Waals surface area contributed by atoms with E-state index >= 15 is 0 Å². The predicted octanol–water partition coefficient (Wildman–Crippen LogP) is 1.69. The van der Waals surface area contributed by atoms with Crippen LogP contribution in [0.25, 0.3) is 11.0 Å². The molecule has 0 unspecified atom stereocenters. The average molecular weight is 355 g/mol. The molecule has 25 heavy (non-hydrogen) atoms. The van der Waals surface area contributed by atoms with E-state index in [1.807, 2.05) is 17.2 Å². The predicted molar refractivity (Wildman–Crippen MR) is 93.6 cm³/mol. The minimum absolute atomic E-state index is 0.00239. The van der Waals surface area contributed by atoms with Gasteiger partial charge in [-0.25, -0.2) is 9.97 Å². The molecule has 0 bridgehead atoms. The van der Waals surface area contributed by atoms with E-state index in [4.69, 9.17) is 0 Å². The Bertz CT molecular complexity index is 918. The van der Waals surface area contributed by atoms with Crippen LogP contribution in [0.4, 0.5) is 5.82 Å². The second kappa shape index (κ2) is 5.48. The summed E-state index contributed by atoms with van der Waals surface area (Å²) in [5.41, 5.74) is 1.20. The summed E-state index contributed by atoms with van der Waals surface area (Å²) < 4.78 is 3.83. The number of hydrogen-bond acceptors (Lipinski definition) is 7. The van der Waals surface area contributed by atoms with Gasteiger partial charge >= 0.3 is 0 Å². The molecule has 128 valence electrons. The van der Waals surface area contributed by atoms with E-state index < -0.39 is 0 Å². The lowest BCUT2D eigenvalue weighted by Gasteiger charge is -2.32. The van der Waals surface area contributed by atoms with Crippen LogP contribution >= 0.6 is 11.5 Å². The van der Waals surface area contributed by atoms with Crippen molar-refractivity contribution in [2.24, 2.45) is 0 Å². The van der Waals surface area contributed by atoms with E-state index in [-0.39, 0.29) is 11.4 Å². The highest BCUT2D eigenvalue weighted by atomic mass is 32.1. The second-order valence-electron chi connectivity index (χ2n) is 6.68. The molecule has 1 amide bonds. The van der Waals surface area contributed by atoms with Crippen molar-refractivity contribution in [1.29, 1.82) is 0 Å². The topological polar surface area (TPSA) is 90.9 Å². The maximum Gasteiger partial charge on any atom is 0.275 e. The first-order chi connectivity index (χ1) is 12.3. The monoisotopic (exact) mass is 355 g/mol. The summed E-state index contributed by atoms with van der Waals surface area (Å²) in [6.45, 7) is 2.42. The molecular weight excluding hydrogens is 338 g/mol.